The second-order valence-electron chi connectivity index (χ2n) is 15.9. The van der Waals surface area contributed by atoms with Crippen molar-refractivity contribution >= 4 is 21.5 Å². The number of rotatable bonds is 36. The van der Waals surface area contributed by atoms with Crippen LogP contribution >= 0.6 is 0 Å². The third-order valence-corrected chi connectivity index (χ3v) is 11.0. The molecule has 3 aromatic carbocycles. The van der Waals surface area contributed by atoms with Crippen LogP contribution in [0.25, 0.3) is 21.5 Å². The van der Waals surface area contributed by atoms with E-state index >= 15 is 0 Å². The molecule has 0 saturated carbocycles. The van der Waals surface area contributed by atoms with Gasteiger partial charge in [0.2, 0.25) is 0 Å². The Morgan fingerprint density at radius 2 is 0.556 bits per heavy atom. The molecule has 0 aliphatic heterocycles. The summed E-state index contributed by atoms with van der Waals surface area (Å²) in [5.74, 6) is 3.66. The number of hydrogen-bond donors (Lipinski definition) is 0. The third-order valence-electron chi connectivity index (χ3n) is 11.0. The van der Waals surface area contributed by atoms with E-state index in [1.54, 1.807) is 0 Å². The molecule has 3 rings (SSSR count). The van der Waals surface area contributed by atoms with Crippen molar-refractivity contribution in [3.63, 3.8) is 0 Å². The van der Waals surface area contributed by atoms with Gasteiger partial charge in [0.1, 0.15) is 23.0 Å². The number of ether oxygens (including phenoxy) is 4. The lowest BCUT2D eigenvalue weighted by Crippen LogP contribution is -2.06. The quantitative estimate of drug-likeness (QED) is 0.0438. The van der Waals surface area contributed by atoms with Gasteiger partial charge in [0, 0.05) is 10.8 Å². The molecule has 0 bridgehead atoms. The van der Waals surface area contributed by atoms with Crippen molar-refractivity contribution in [2.75, 3.05) is 26.4 Å². The van der Waals surface area contributed by atoms with Crippen molar-refractivity contribution in [3.8, 4) is 23.0 Å². The van der Waals surface area contributed by atoms with Crippen LogP contribution in [0.2, 0.25) is 0 Å². The minimum Gasteiger partial charge on any atom is -0.493 e. The summed E-state index contributed by atoms with van der Waals surface area (Å²) in [6, 6.07) is 13.0. The van der Waals surface area contributed by atoms with Crippen LogP contribution in [0.1, 0.15) is 207 Å². The predicted octanol–water partition coefficient (Wildman–Crippen LogP) is 16.5. The fraction of sp³-hybridized carbons (Fsp3) is 0.720. The van der Waals surface area contributed by atoms with E-state index in [9.17, 15) is 0 Å². The standard InChI is InChI=1S/C50H82O4/c1-5-9-13-17-21-25-29-39-51-45-37-33-35-43-47(45)49(53-41-31-27-23-19-15-11-7-3)44-36-34-38-46(52-40-30-26-22-18-14-10-6-2)48(44)50(43)54-42-32-28-24-20-16-12-8-4/h33-38H,5-32,39-42H2,1-4H3. The predicted molar refractivity (Wildman–Crippen MR) is 235 cm³/mol. The van der Waals surface area contributed by atoms with Crippen molar-refractivity contribution in [3.05, 3.63) is 36.4 Å². The van der Waals surface area contributed by atoms with E-state index in [1.165, 1.54) is 154 Å². The summed E-state index contributed by atoms with van der Waals surface area (Å²) in [6.07, 6.45) is 35.4. The van der Waals surface area contributed by atoms with Gasteiger partial charge in [-0.1, -0.05) is 206 Å². The average Bonchev–Trinajstić information content (AvgIpc) is 3.19. The highest BCUT2D eigenvalue weighted by Gasteiger charge is 2.22. The van der Waals surface area contributed by atoms with E-state index in [-0.39, 0.29) is 0 Å². The maximum atomic E-state index is 6.88. The van der Waals surface area contributed by atoms with Gasteiger partial charge in [0.25, 0.3) is 0 Å². The van der Waals surface area contributed by atoms with Gasteiger partial charge in [-0.3, -0.25) is 0 Å². The van der Waals surface area contributed by atoms with Crippen LogP contribution in [0.5, 0.6) is 23.0 Å². The van der Waals surface area contributed by atoms with Gasteiger partial charge in [-0.25, -0.2) is 0 Å². The van der Waals surface area contributed by atoms with Crippen LogP contribution in [0.4, 0.5) is 0 Å². The molecule has 0 N–H and O–H groups in total. The molecular weight excluding hydrogens is 665 g/mol. The van der Waals surface area contributed by atoms with Gasteiger partial charge in [-0.15, -0.1) is 0 Å². The first-order chi connectivity index (χ1) is 26.8. The number of unbranched alkanes of at least 4 members (excludes halogenated alkanes) is 24. The van der Waals surface area contributed by atoms with E-state index < -0.39 is 0 Å². The number of fused-ring (bicyclic) bond motifs is 2. The van der Waals surface area contributed by atoms with Crippen LogP contribution in [-0.2, 0) is 0 Å². The molecule has 4 heteroatoms. The van der Waals surface area contributed by atoms with E-state index in [1.807, 2.05) is 0 Å². The zero-order chi connectivity index (χ0) is 38.3. The minimum atomic E-state index is 0.700. The minimum absolute atomic E-state index is 0.700. The van der Waals surface area contributed by atoms with Crippen molar-refractivity contribution in [2.45, 2.75) is 207 Å². The first-order valence-electron chi connectivity index (χ1n) is 23.3. The topological polar surface area (TPSA) is 36.9 Å². The summed E-state index contributed by atoms with van der Waals surface area (Å²) in [4.78, 5) is 0. The summed E-state index contributed by atoms with van der Waals surface area (Å²) < 4.78 is 27.1. The number of benzene rings is 3. The summed E-state index contributed by atoms with van der Waals surface area (Å²) in [7, 11) is 0. The Morgan fingerprint density at radius 3 is 0.852 bits per heavy atom. The zero-order valence-corrected chi connectivity index (χ0v) is 35.7. The lowest BCUT2D eigenvalue weighted by atomic mass is 9.98. The summed E-state index contributed by atoms with van der Waals surface area (Å²) in [6.45, 7) is 12.0. The van der Waals surface area contributed by atoms with Gasteiger partial charge in [-0.2, -0.15) is 0 Å². The molecule has 3 aromatic rings. The Bertz CT molecular complexity index is 1250. The molecule has 0 radical (unpaired) electrons. The summed E-state index contributed by atoms with van der Waals surface area (Å²) >= 11 is 0. The van der Waals surface area contributed by atoms with Crippen molar-refractivity contribution in [1.29, 1.82) is 0 Å². The summed E-state index contributed by atoms with van der Waals surface area (Å²) in [5, 5.41) is 4.25. The zero-order valence-electron chi connectivity index (χ0n) is 35.7. The highest BCUT2D eigenvalue weighted by Crippen LogP contribution is 2.49. The van der Waals surface area contributed by atoms with Crippen LogP contribution in [0.15, 0.2) is 36.4 Å². The van der Waals surface area contributed by atoms with Gasteiger partial charge in [0.15, 0.2) is 0 Å². The molecule has 0 aliphatic rings. The third kappa shape index (κ3) is 17.5. The number of hydrogen-bond acceptors (Lipinski definition) is 4. The fourth-order valence-electron chi connectivity index (χ4n) is 7.67. The normalized spacial score (nSPS) is 11.5. The van der Waals surface area contributed by atoms with Crippen LogP contribution < -0.4 is 18.9 Å². The first-order valence-corrected chi connectivity index (χ1v) is 23.3. The van der Waals surface area contributed by atoms with Crippen molar-refractivity contribution in [2.24, 2.45) is 0 Å². The molecule has 0 unspecified atom stereocenters. The SMILES string of the molecule is CCCCCCCCCOc1cccc2c(OCCCCCCCCC)c3c(OCCCCCCCCC)cccc3c(OCCCCCCCCC)c12. The second-order valence-corrected chi connectivity index (χ2v) is 15.9. The van der Waals surface area contributed by atoms with Crippen molar-refractivity contribution in [1.82, 2.24) is 0 Å². The molecule has 0 heterocycles. The lowest BCUT2D eigenvalue weighted by Gasteiger charge is -2.22. The molecule has 0 fully saturated rings. The smallest absolute Gasteiger partial charge is 0.139 e. The Kier molecular flexibility index (Phi) is 25.9. The maximum absolute atomic E-state index is 6.88. The largest absolute Gasteiger partial charge is 0.493 e. The van der Waals surface area contributed by atoms with Gasteiger partial charge < -0.3 is 18.9 Å². The molecule has 0 atom stereocenters. The van der Waals surface area contributed by atoms with Crippen molar-refractivity contribution < 1.29 is 18.9 Å². The second kappa shape index (κ2) is 30.6. The molecule has 306 valence electrons. The van der Waals surface area contributed by atoms with Crippen LogP contribution in [-0.4, -0.2) is 26.4 Å². The van der Waals surface area contributed by atoms with Gasteiger partial charge >= 0.3 is 0 Å². The van der Waals surface area contributed by atoms with Crippen LogP contribution in [0.3, 0.4) is 0 Å². The van der Waals surface area contributed by atoms with Gasteiger partial charge in [0.05, 0.1) is 37.2 Å². The van der Waals surface area contributed by atoms with E-state index in [4.69, 9.17) is 18.9 Å². The molecule has 54 heavy (non-hydrogen) atoms. The highest BCUT2D eigenvalue weighted by molar-refractivity contribution is 6.15. The molecule has 0 saturated heterocycles. The molecule has 4 nitrogen and oxygen atoms in total. The van der Waals surface area contributed by atoms with Crippen LogP contribution in [0, 0.1) is 0 Å². The van der Waals surface area contributed by atoms with E-state index in [2.05, 4.69) is 64.1 Å². The Labute approximate surface area is 332 Å². The fourth-order valence-corrected chi connectivity index (χ4v) is 7.67. The Hall–Kier alpha value is -2.62. The lowest BCUT2D eigenvalue weighted by molar-refractivity contribution is 0.293. The van der Waals surface area contributed by atoms with Gasteiger partial charge in [-0.05, 0) is 37.8 Å². The first kappa shape index (κ1) is 45.8. The molecule has 0 aromatic heterocycles. The molecule has 0 spiro atoms. The molecular formula is C50H82O4. The highest BCUT2D eigenvalue weighted by atomic mass is 16.5. The van der Waals surface area contributed by atoms with E-state index in [0.717, 1.165) is 83.4 Å². The maximum Gasteiger partial charge on any atom is 0.139 e. The molecule has 0 amide bonds. The Balaban J connectivity index is 1.90. The summed E-state index contributed by atoms with van der Waals surface area (Å²) in [5.41, 5.74) is 0. The average molecular weight is 747 g/mol. The monoisotopic (exact) mass is 747 g/mol. The Morgan fingerprint density at radius 1 is 0.296 bits per heavy atom. The van der Waals surface area contributed by atoms with E-state index in [0.29, 0.717) is 13.2 Å². The molecule has 0 aliphatic carbocycles.